The lowest BCUT2D eigenvalue weighted by atomic mass is 9.97. The average Bonchev–Trinajstić information content (AvgIpc) is 3.24. The van der Waals surface area contributed by atoms with Gasteiger partial charge >= 0.3 is 0 Å². The number of nitrogens with zero attached hydrogens (tertiary/aromatic N) is 4. The van der Waals surface area contributed by atoms with E-state index in [1.807, 2.05) is 16.8 Å². The number of allylic oxidation sites excluding steroid dienone is 1. The summed E-state index contributed by atoms with van der Waals surface area (Å²) >= 11 is 0. The average molecular weight is 350 g/mol. The molecule has 0 saturated heterocycles. The van der Waals surface area contributed by atoms with E-state index in [1.165, 1.54) is 22.4 Å². The van der Waals surface area contributed by atoms with Crippen LogP contribution in [0.4, 0.5) is 0 Å². The Morgan fingerprint density at radius 2 is 1.88 bits per heavy atom. The highest BCUT2D eigenvalue weighted by atomic mass is 16.5. The maximum Gasteiger partial charge on any atom is 0.278 e. The van der Waals surface area contributed by atoms with Gasteiger partial charge in [-0.3, -0.25) is 4.68 Å². The number of benzene rings is 1. The Hall–Kier alpha value is -2.69. The summed E-state index contributed by atoms with van der Waals surface area (Å²) in [6.45, 7) is 15.3. The first-order chi connectivity index (χ1) is 12.4. The third kappa shape index (κ3) is 3.34. The van der Waals surface area contributed by atoms with Crippen LogP contribution >= 0.6 is 0 Å². The molecule has 136 valence electrons. The summed E-state index contributed by atoms with van der Waals surface area (Å²) in [5.74, 6) is 1.44. The van der Waals surface area contributed by atoms with E-state index in [2.05, 4.69) is 68.6 Å². The predicted molar refractivity (Wildman–Crippen MR) is 104 cm³/mol. The summed E-state index contributed by atoms with van der Waals surface area (Å²) in [4.78, 5) is 4.58. The summed E-state index contributed by atoms with van der Waals surface area (Å²) < 4.78 is 7.49. The summed E-state index contributed by atoms with van der Waals surface area (Å²) in [7, 11) is 0. The number of hydrogen-bond acceptors (Lipinski definition) is 4. The number of aryl methyl sites for hydroxylation is 3. The number of aromatic nitrogens is 4. The molecule has 3 aromatic rings. The molecule has 0 bridgehead atoms. The van der Waals surface area contributed by atoms with Gasteiger partial charge in [0, 0.05) is 17.8 Å². The monoisotopic (exact) mass is 350 g/mol. The van der Waals surface area contributed by atoms with E-state index in [0.29, 0.717) is 17.6 Å². The van der Waals surface area contributed by atoms with Crippen molar-refractivity contribution in [3.8, 4) is 23.0 Å². The second-order valence-electron chi connectivity index (χ2n) is 6.93. The summed E-state index contributed by atoms with van der Waals surface area (Å²) in [6, 6.07) is 6.24. The van der Waals surface area contributed by atoms with Crippen LogP contribution in [0, 0.1) is 13.8 Å². The minimum absolute atomic E-state index is 0.390. The minimum Gasteiger partial charge on any atom is -0.332 e. The Morgan fingerprint density at radius 1 is 1.19 bits per heavy atom. The first kappa shape index (κ1) is 18.1. The Kier molecular flexibility index (Phi) is 5.07. The Morgan fingerprint density at radius 3 is 2.42 bits per heavy atom. The van der Waals surface area contributed by atoms with Gasteiger partial charge in [-0.25, -0.2) is 0 Å². The molecule has 0 amide bonds. The van der Waals surface area contributed by atoms with Crippen LogP contribution in [0.25, 0.3) is 23.0 Å². The van der Waals surface area contributed by atoms with Gasteiger partial charge in [0.1, 0.15) is 0 Å². The van der Waals surface area contributed by atoms with E-state index in [4.69, 9.17) is 4.52 Å². The molecule has 0 N–H and O–H groups in total. The van der Waals surface area contributed by atoms with E-state index >= 15 is 0 Å². The first-order valence-corrected chi connectivity index (χ1v) is 9.07. The fourth-order valence-corrected chi connectivity index (χ4v) is 3.29. The fraction of sp³-hybridized carbons (Fsp3) is 0.381. The standard InChI is InChI=1S/C21H26N4O/c1-7-9-17-14(5)10-16(11-15(17)6)20-22-21(26-24-20)18-12-19(13(3)4)25(8-2)23-18/h7,10-13H,1,8-9H2,2-6H3. The van der Waals surface area contributed by atoms with E-state index < -0.39 is 0 Å². The number of rotatable bonds is 6. The van der Waals surface area contributed by atoms with Crippen molar-refractivity contribution in [2.75, 3.05) is 0 Å². The molecule has 0 aliphatic carbocycles. The molecule has 0 saturated carbocycles. The molecule has 3 rings (SSSR count). The third-order valence-electron chi connectivity index (χ3n) is 4.65. The van der Waals surface area contributed by atoms with Crippen LogP contribution in [0.2, 0.25) is 0 Å². The van der Waals surface area contributed by atoms with Crippen molar-refractivity contribution >= 4 is 0 Å². The smallest absolute Gasteiger partial charge is 0.278 e. The van der Waals surface area contributed by atoms with Gasteiger partial charge in [0.25, 0.3) is 5.89 Å². The van der Waals surface area contributed by atoms with Gasteiger partial charge in [0.05, 0.1) is 0 Å². The van der Waals surface area contributed by atoms with Gasteiger partial charge in [-0.05, 0) is 68.0 Å². The van der Waals surface area contributed by atoms with Crippen LogP contribution in [-0.4, -0.2) is 19.9 Å². The molecule has 5 heteroatoms. The van der Waals surface area contributed by atoms with Crippen molar-refractivity contribution in [3.05, 3.63) is 53.2 Å². The highest BCUT2D eigenvalue weighted by Gasteiger charge is 2.18. The fourth-order valence-electron chi connectivity index (χ4n) is 3.29. The van der Waals surface area contributed by atoms with Crippen LogP contribution in [0.3, 0.4) is 0 Å². The molecule has 5 nitrogen and oxygen atoms in total. The summed E-state index contributed by atoms with van der Waals surface area (Å²) in [5, 5.41) is 8.78. The lowest BCUT2D eigenvalue weighted by molar-refractivity contribution is 0.430. The van der Waals surface area contributed by atoms with Crippen molar-refractivity contribution in [2.45, 2.75) is 53.5 Å². The molecule has 2 aromatic heterocycles. The third-order valence-corrected chi connectivity index (χ3v) is 4.65. The van der Waals surface area contributed by atoms with Crippen LogP contribution in [0.1, 0.15) is 49.1 Å². The van der Waals surface area contributed by atoms with Gasteiger partial charge in [0.15, 0.2) is 5.69 Å². The molecule has 0 fully saturated rings. The van der Waals surface area contributed by atoms with Crippen molar-refractivity contribution in [1.29, 1.82) is 0 Å². The van der Waals surface area contributed by atoms with Crippen LogP contribution in [0.15, 0.2) is 35.4 Å². The Labute approximate surface area is 154 Å². The molecule has 0 spiro atoms. The lowest BCUT2D eigenvalue weighted by Crippen LogP contribution is -2.03. The van der Waals surface area contributed by atoms with Gasteiger partial charge in [-0.2, -0.15) is 10.1 Å². The zero-order valence-corrected chi connectivity index (χ0v) is 16.2. The SMILES string of the molecule is C=CCc1c(C)cc(-c2noc(-c3cc(C(C)C)n(CC)n3)n2)cc1C. The highest BCUT2D eigenvalue weighted by molar-refractivity contribution is 5.61. The van der Waals surface area contributed by atoms with Crippen LogP contribution in [0.5, 0.6) is 0 Å². The molecule has 1 aromatic carbocycles. The summed E-state index contributed by atoms with van der Waals surface area (Å²) in [5.41, 5.74) is 6.58. The maximum atomic E-state index is 5.50. The second-order valence-corrected chi connectivity index (χ2v) is 6.93. The minimum atomic E-state index is 0.390. The van der Waals surface area contributed by atoms with E-state index in [9.17, 15) is 0 Å². The molecule has 0 aliphatic heterocycles. The molecule has 26 heavy (non-hydrogen) atoms. The quantitative estimate of drug-likeness (QED) is 0.581. The Bertz CT molecular complexity index is 910. The zero-order chi connectivity index (χ0) is 18.8. The van der Waals surface area contributed by atoms with E-state index in [0.717, 1.165) is 24.2 Å². The predicted octanol–water partition coefficient (Wildman–Crippen LogP) is 5.09. The van der Waals surface area contributed by atoms with Crippen LogP contribution in [-0.2, 0) is 13.0 Å². The topological polar surface area (TPSA) is 56.7 Å². The number of hydrogen-bond donors (Lipinski definition) is 0. The van der Waals surface area contributed by atoms with E-state index in [-0.39, 0.29) is 0 Å². The van der Waals surface area contributed by atoms with Gasteiger partial charge < -0.3 is 4.52 Å². The molecule has 0 aliphatic rings. The second kappa shape index (κ2) is 7.28. The Balaban J connectivity index is 1.97. The van der Waals surface area contributed by atoms with Gasteiger partial charge in [-0.15, -0.1) is 6.58 Å². The zero-order valence-electron chi connectivity index (χ0n) is 16.2. The van der Waals surface area contributed by atoms with Crippen molar-refractivity contribution in [2.24, 2.45) is 0 Å². The molecule has 0 unspecified atom stereocenters. The first-order valence-electron chi connectivity index (χ1n) is 9.07. The lowest BCUT2D eigenvalue weighted by Gasteiger charge is -2.09. The largest absolute Gasteiger partial charge is 0.332 e. The maximum absolute atomic E-state index is 5.50. The molecular weight excluding hydrogens is 324 g/mol. The van der Waals surface area contributed by atoms with Crippen molar-refractivity contribution in [3.63, 3.8) is 0 Å². The van der Waals surface area contributed by atoms with Crippen molar-refractivity contribution < 1.29 is 4.52 Å². The molecule has 2 heterocycles. The molecular formula is C21H26N4O. The summed E-state index contributed by atoms with van der Waals surface area (Å²) in [6.07, 6.45) is 2.79. The van der Waals surface area contributed by atoms with Crippen LogP contribution < -0.4 is 0 Å². The normalized spacial score (nSPS) is 11.3. The highest BCUT2D eigenvalue weighted by Crippen LogP contribution is 2.27. The van der Waals surface area contributed by atoms with Gasteiger partial charge in [0.2, 0.25) is 5.82 Å². The van der Waals surface area contributed by atoms with Crippen molar-refractivity contribution in [1.82, 2.24) is 19.9 Å². The van der Waals surface area contributed by atoms with E-state index in [1.54, 1.807) is 0 Å². The molecule has 0 atom stereocenters. The van der Waals surface area contributed by atoms with Gasteiger partial charge in [-0.1, -0.05) is 25.1 Å². The molecule has 0 radical (unpaired) electrons.